The Morgan fingerprint density at radius 3 is 2.19 bits per heavy atom. The van der Waals surface area contributed by atoms with Gasteiger partial charge in [0.25, 0.3) is 0 Å². The van der Waals surface area contributed by atoms with E-state index in [0.29, 0.717) is 11.1 Å². The fraction of sp³-hybridized carbons (Fsp3) is 0.386. The van der Waals surface area contributed by atoms with Crippen LogP contribution in [0.15, 0.2) is 40.1 Å². The van der Waals surface area contributed by atoms with Crippen molar-refractivity contribution in [3.05, 3.63) is 103 Å². The van der Waals surface area contributed by atoms with E-state index in [1.54, 1.807) is 6.07 Å². The van der Waals surface area contributed by atoms with Crippen molar-refractivity contribution in [2.45, 2.75) is 86.8 Å². The standard InChI is InChI=1S/C44H41F4N3O10S2.Na/c45-34-36(47)43(63(57,58)59)37(48)35(46)42(34)60-32(52)12-2-1-3-15-49-62(55,56)25-13-14-26(29(22-25)44(53)54)33-30-20-23-8-4-16-50-18-6-10-27(38(23)50)40(30)61-41-28-11-7-19-51-17-5-9-24(39(28)51)21-31(33)41;/h13-14,20-22,49H,1-12,15-19H2,(H-,53,54,57,58,59);/q;+1. The first-order valence-corrected chi connectivity index (χ1v) is 23.8. The number of esters is 1. The van der Waals surface area contributed by atoms with Crippen LogP contribution in [0.4, 0.5) is 23.2 Å². The zero-order valence-corrected chi connectivity index (χ0v) is 38.4. The maximum atomic E-state index is 14.3. The van der Waals surface area contributed by atoms with Gasteiger partial charge in [-0.25, -0.2) is 39.7 Å². The zero-order chi connectivity index (χ0) is 44.5. The summed E-state index contributed by atoms with van der Waals surface area (Å²) in [4.78, 5) is 25.2. The Balaban J connectivity index is 0.00000560. The molecule has 0 unspecified atom stereocenters. The minimum atomic E-state index is -5.95. The van der Waals surface area contributed by atoms with E-state index in [1.807, 2.05) is 0 Å². The summed E-state index contributed by atoms with van der Waals surface area (Å²) in [7, 11) is -10.2. The first-order chi connectivity index (χ1) is 30.0. The number of nitrogens with zero attached hydrogens (tertiary/aromatic N) is 2. The maximum Gasteiger partial charge on any atom is 1.00 e. The van der Waals surface area contributed by atoms with Gasteiger partial charge in [0, 0.05) is 72.1 Å². The van der Waals surface area contributed by atoms with Crippen molar-refractivity contribution in [3.63, 3.8) is 0 Å². The van der Waals surface area contributed by atoms with Crippen molar-refractivity contribution in [1.29, 1.82) is 0 Å². The van der Waals surface area contributed by atoms with Crippen LogP contribution in [0.25, 0.3) is 5.57 Å². The molecule has 0 spiro atoms. The van der Waals surface area contributed by atoms with Crippen LogP contribution in [0, 0.1) is 23.3 Å². The SMILES string of the molecule is O=C(CCCCCNS(=O)(=O)c1ccc(C2=c3cc4c5c(c3Oc3c2cc2c6c3CCCN6CCC2)CCC[N+]=5CCC4)c(C(=O)O)c1)Oc1c(F)c(F)c(S(=O)(=O)[O-])c(F)c1F.[Na+]. The number of anilines is 1. The van der Waals surface area contributed by atoms with E-state index in [0.717, 1.165) is 117 Å². The van der Waals surface area contributed by atoms with Crippen molar-refractivity contribution in [2.24, 2.45) is 0 Å². The second-order valence-electron chi connectivity index (χ2n) is 16.4. The number of nitrogens with one attached hydrogen (secondary N) is 1. The van der Waals surface area contributed by atoms with Gasteiger partial charge in [0.15, 0.2) is 11.6 Å². The quantitative estimate of drug-likeness (QED) is 0.0272. The molecule has 0 bridgehead atoms. The molecule has 0 aliphatic carbocycles. The third kappa shape index (κ3) is 8.15. The summed E-state index contributed by atoms with van der Waals surface area (Å²) < 4.78 is 133. The van der Waals surface area contributed by atoms with Crippen LogP contribution in [0.5, 0.6) is 17.2 Å². The number of aryl methyl sites for hydroxylation is 2. The van der Waals surface area contributed by atoms with Crippen LogP contribution in [0.1, 0.15) is 95.1 Å². The number of hydrogen-bond acceptors (Lipinski definition) is 10. The average molecular weight is 935 g/mol. The molecular formula is C44H41F4N3NaO10S2+. The Bertz CT molecular complexity index is 3010. The van der Waals surface area contributed by atoms with E-state index in [1.165, 1.54) is 28.2 Å². The molecule has 0 saturated carbocycles. The molecule has 5 aliphatic heterocycles. The number of halogens is 4. The molecule has 5 aliphatic rings. The smallest absolute Gasteiger partial charge is 0.744 e. The number of carboxylic acids is 1. The second kappa shape index (κ2) is 17.8. The Labute approximate surface area is 387 Å². The van der Waals surface area contributed by atoms with Gasteiger partial charge in [-0.15, -0.1) is 0 Å². The van der Waals surface area contributed by atoms with Crippen LogP contribution >= 0.6 is 0 Å². The Morgan fingerprint density at radius 1 is 0.812 bits per heavy atom. The van der Waals surface area contributed by atoms with Crippen LogP contribution in [-0.4, -0.2) is 71.2 Å². The average Bonchev–Trinajstić information content (AvgIpc) is 3.25. The Morgan fingerprint density at radius 2 is 1.48 bits per heavy atom. The number of unbranched alkanes of at least 4 members (excludes halogenated alkanes) is 2. The van der Waals surface area contributed by atoms with Gasteiger partial charge in [0.05, 0.1) is 16.0 Å². The summed E-state index contributed by atoms with van der Waals surface area (Å²) in [6, 6.07) is 8.34. The van der Waals surface area contributed by atoms with Crippen LogP contribution in [0.2, 0.25) is 0 Å². The van der Waals surface area contributed by atoms with Crippen molar-refractivity contribution in [2.75, 3.05) is 37.6 Å². The number of ether oxygens (including phenoxy) is 2. The third-order valence-corrected chi connectivity index (χ3v) is 14.8. The Hall–Kier alpha value is -4.37. The normalized spacial score (nSPS) is 16.2. The van der Waals surface area contributed by atoms with E-state index in [9.17, 15) is 53.6 Å². The minimum Gasteiger partial charge on any atom is -0.744 e. The van der Waals surface area contributed by atoms with Crippen LogP contribution < -0.4 is 63.8 Å². The summed E-state index contributed by atoms with van der Waals surface area (Å²) in [5.41, 5.74) is 7.44. The van der Waals surface area contributed by atoms with E-state index < -0.39 is 72.4 Å². The number of aromatic carboxylic acids is 1. The molecule has 64 heavy (non-hydrogen) atoms. The van der Waals surface area contributed by atoms with Gasteiger partial charge >= 0.3 is 41.5 Å². The molecule has 0 fully saturated rings. The van der Waals surface area contributed by atoms with Crippen LogP contribution in [0.3, 0.4) is 0 Å². The van der Waals surface area contributed by atoms with E-state index in [-0.39, 0.29) is 65.8 Å². The number of fused-ring (bicyclic) bond motifs is 4. The van der Waals surface area contributed by atoms with Gasteiger partial charge in [-0.3, -0.25) is 4.79 Å². The van der Waals surface area contributed by atoms with Gasteiger partial charge in [0.1, 0.15) is 39.6 Å². The maximum absolute atomic E-state index is 14.3. The fourth-order valence-electron chi connectivity index (χ4n) is 9.82. The molecule has 0 aromatic heterocycles. The third-order valence-electron chi connectivity index (χ3n) is 12.5. The number of benzene rings is 4. The summed E-state index contributed by atoms with van der Waals surface area (Å²) in [5.74, 6) is -12.9. The summed E-state index contributed by atoms with van der Waals surface area (Å²) >= 11 is 0. The predicted molar refractivity (Wildman–Crippen MR) is 217 cm³/mol. The fourth-order valence-corrected chi connectivity index (χ4v) is 11.5. The molecule has 4 aromatic rings. The van der Waals surface area contributed by atoms with Crippen molar-refractivity contribution in [3.8, 4) is 17.2 Å². The molecule has 0 amide bonds. The van der Waals surface area contributed by atoms with Crippen LogP contribution in [-0.2, 0) is 50.6 Å². The molecule has 4 aromatic carbocycles. The van der Waals surface area contributed by atoms with Crippen molar-refractivity contribution in [1.82, 2.24) is 9.30 Å². The van der Waals surface area contributed by atoms with Gasteiger partial charge in [0.2, 0.25) is 32.8 Å². The Kier molecular flexibility index (Phi) is 12.8. The molecule has 332 valence electrons. The molecule has 0 radical (unpaired) electrons. The second-order valence-corrected chi connectivity index (χ2v) is 19.5. The molecular weight excluding hydrogens is 894 g/mol. The summed E-state index contributed by atoms with van der Waals surface area (Å²) in [6.45, 7) is 3.67. The predicted octanol–water partition coefficient (Wildman–Crippen LogP) is 1.73. The van der Waals surface area contributed by atoms with Crippen molar-refractivity contribution >= 4 is 43.3 Å². The van der Waals surface area contributed by atoms with Crippen molar-refractivity contribution < 1.29 is 92.7 Å². The van der Waals surface area contributed by atoms with Gasteiger partial charge in [-0.2, -0.15) is 8.78 Å². The topological polar surface area (TPSA) is 182 Å². The minimum absolute atomic E-state index is 0. The first-order valence-electron chi connectivity index (χ1n) is 20.9. The number of carbonyl (C=O) groups excluding carboxylic acids is 1. The van der Waals surface area contributed by atoms with E-state index in [2.05, 4.69) is 31.1 Å². The molecule has 5 heterocycles. The van der Waals surface area contributed by atoms with E-state index >= 15 is 0 Å². The molecule has 0 saturated heterocycles. The number of rotatable bonds is 12. The summed E-state index contributed by atoms with van der Waals surface area (Å²) in [6.07, 6.45) is 6.97. The van der Waals surface area contributed by atoms with Gasteiger partial charge in [-0.05, 0) is 86.8 Å². The number of carboxylic acid groups (broad SMARTS) is 1. The molecule has 9 rings (SSSR count). The first kappa shape index (κ1) is 46.2. The molecule has 20 heteroatoms. The van der Waals surface area contributed by atoms with Gasteiger partial charge in [-0.1, -0.05) is 12.5 Å². The molecule has 0 atom stereocenters. The number of hydrogen-bond donors (Lipinski definition) is 2. The number of carbonyl (C=O) groups is 2. The molecule has 2 N–H and O–H groups in total. The number of sulfonamides is 1. The van der Waals surface area contributed by atoms with Gasteiger partial charge < -0.3 is 24.0 Å². The summed E-state index contributed by atoms with van der Waals surface area (Å²) in [5, 5.41) is 12.7. The molecule has 13 nitrogen and oxygen atoms in total. The zero-order valence-electron chi connectivity index (χ0n) is 34.8. The largest absolute Gasteiger partial charge is 1.00 e. The monoisotopic (exact) mass is 934 g/mol. The van der Waals surface area contributed by atoms with E-state index in [4.69, 9.17) is 4.74 Å².